The summed E-state index contributed by atoms with van der Waals surface area (Å²) in [5.74, 6) is -0.0290. The second-order valence-electron chi connectivity index (χ2n) is 6.44. The van der Waals surface area contributed by atoms with Gasteiger partial charge in [-0.05, 0) is 46.9 Å². The van der Waals surface area contributed by atoms with Crippen LogP contribution in [-0.4, -0.2) is 60.6 Å². The molecule has 1 rings (SSSR count). The van der Waals surface area contributed by atoms with E-state index in [1.807, 2.05) is 26.0 Å². The number of carbonyl (C=O) groups is 1. The van der Waals surface area contributed by atoms with Crippen molar-refractivity contribution < 1.29 is 4.79 Å². The zero-order valence-corrected chi connectivity index (χ0v) is 16.3. The molecule has 0 aromatic heterocycles. The van der Waals surface area contributed by atoms with Crippen molar-refractivity contribution in [1.82, 2.24) is 15.2 Å². The Kier molecular flexibility index (Phi) is 9.77. The maximum atomic E-state index is 11.8. The highest BCUT2D eigenvalue weighted by Gasteiger charge is 2.07. The summed E-state index contributed by atoms with van der Waals surface area (Å²) in [5, 5.41) is 8.96. The van der Waals surface area contributed by atoms with E-state index >= 15 is 0 Å². The van der Waals surface area contributed by atoms with Crippen molar-refractivity contribution in [3.05, 3.63) is 23.9 Å². The monoisotopic (exact) mass is 347 g/mol. The highest BCUT2D eigenvalue weighted by Crippen LogP contribution is 2.09. The fourth-order valence-electron chi connectivity index (χ4n) is 2.33. The molecule has 1 heterocycles. The first-order chi connectivity index (χ1) is 11.9. The molecule has 25 heavy (non-hydrogen) atoms. The van der Waals surface area contributed by atoms with E-state index in [-0.39, 0.29) is 12.3 Å². The zero-order chi connectivity index (χ0) is 18.7. The van der Waals surface area contributed by atoms with Crippen LogP contribution in [0, 0.1) is 0 Å². The van der Waals surface area contributed by atoms with E-state index in [1.165, 1.54) is 12.8 Å². The third-order valence-corrected chi connectivity index (χ3v) is 4.17. The van der Waals surface area contributed by atoms with Crippen LogP contribution in [0.25, 0.3) is 0 Å². The lowest BCUT2D eigenvalue weighted by atomic mass is 10.2. The van der Waals surface area contributed by atoms with Gasteiger partial charge >= 0.3 is 0 Å². The number of allylic oxidation sites excluding steroid dienone is 2. The Morgan fingerprint density at radius 3 is 2.96 bits per heavy atom. The number of likely N-dealkylation sites (N-methyl/N-ethyl adjacent to an activating group) is 1. The van der Waals surface area contributed by atoms with Gasteiger partial charge in [0.05, 0.1) is 6.42 Å². The van der Waals surface area contributed by atoms with Gasteiger partial charge in [-0.15, -0.1) is 0 Å². The van der Waals surface area contributed by atoms with Crippen molar-refractivity contribution in [3.8, 4) is 0 Å². The second-order valence-corrected chi connectivity index (χ2v) is 6.44. The van der Waals surface area contributed by atoms with E-state index in [4.69, 9.17) is 0 Å². The van der Waals surface area contributed by atoms with Crippen molar-refractivity contribution in [2.24, 2.45) is 10.1 Å². The van der Waals surface area contributed by atoms with Crippen molar-refractivity contribution in [1.29, 1.82) is 0 Å². The number of hydrogen-bond donors (Lipinski definition) is 1. The first-order valence-corrected chi connectivity index (χ1v) is 9.07. The number of carbonyl (C=O) groups excluding carboxylic acids is 1. The highest BCUT2D eigenvalue weighted by atomic mass is 16.1. The number of hydrazone groups is 1. The quantitative estimate of drug-likeness (QED) is 0.488. The van der Waals surface area contributed by atoms with Gasteiger partial charge in [-0.2, -0.15) is 5.10 Å². The lowest BCUT2D eigenvalue weighted by Gasteiger charge is -2.21. The average Bonchev–Trinajstić information content (AvgIpc) is 2.58. The molecule has 1 unspecified atom stereocenters. The minimum atomic E-state index is -0.0290. The average molecular weight is 348 g/mol. The third-order valence-electron chi connectivity index (χ3n) is 4.17. The van der Waals surface area contributed by atoms with Crippen LogP contribution in [0.2, 0.25) is 0 Å². The molecule has 0 spiro atoms. The predicted molar refractivity (Wildman–Crippen MR) is 106 cm³/mol. The fourth-order valence-corrected chi connectivity index (χ4v) is 2.33. The Morgan fingerprint density at radius 2 is 2.28 bits per heavy atom. The van der Waals surface area contributed by atoms with E-state index in [9.17, 15) is 4.79 Å². The van der Waals surface area contributed by atoms with Crippen LogP contribution in [0.5, 0.6) is 0 Å². The molecule has 0 saturated heterocycles. The summed E-state index contributed by atoms with van der Waals surface area (Å²) in [6, 6.07) is 0.378. The largest absolute Gasteiger partial charge is 0.352 e. The maximum Gasteiger partial charge on any atom is 0.225 e. The van der Waals surface area contributed by atoms with Crippen LogP contribution in [0.4, 0.5) is 0 Å². The molecule has 140 valence electrons. The summed E-state index contributed by atoms with van der Waals surface area (Å²) in [5.41, 5.74) is 2.04. The van der Waals surface area contributed by atoms with Gasteiger partial charge in [0.25, 0.3) is 0 Å². The molecule has 0 aliphatic carbocycles. The minimum Gasteiger partial charge on any atom is -0.352 e. The number of amides is 1. The van der Waals surface area contributed by atoms with Crippen LogP contribution < -0.4 is 5.32 Å². The standard InChI is InChI=1S/C19H33N5O/c1-6-7-13-23(5)17(3)9-8-11-20-19(25)10-12-22-24-15-21-16(2)14-18(24)4/h8-9,12,14,17H,6-7,10-11,13,15H2,1-5H3,(H,20,25)/b9-8-,22-12-. The highest BCUT2D eigenvalue weighted by molar-refractivity contribution is 5.94. The van der Waals surface area contributed by atoms with Gasteiger partial charge in [0.15, 0.2) is 0 Å². The van der Waals surface area contributed by atoms with Gasteiger partial charge < -0.3 is 10.2 Å². The van der Waals surface area contributed by atoms with Gasteiger partial charge in [-0.1, -0.05) is 25.5 Å². The molecule has 0 aromatic rings. The Hall–Kier alpha value is -1.95. The SMILES string of the molecule is CCCCN(C)C(C)/C=C\CNC(=O)C/C=N\N1CN=C(C)C=C1C. The summed E-state index contributed by atoms with van der Waals surface area (Å²) in [6.45, 7) is 10.5. The van der Waals surface area contributed by atoms with Crippen LogP contribution >= 0.6 is 0 Å². The second kappa shape index (κ2) is 11.6. The number of rotatable bonds is 10. The molecule has 6 nitrogen and oxygen atoms in total. The van der Waals surface area contributed by atoms with Gasteiger partial charge in [-0.3, -0.25) is 9.79 Å². The smallest absolute Gasteiger partial charge is 0.225 e. The topological polar surface area (TPSA) is 60.3 Å². The van der Waals surface area contributed by atoms with E-state index in [1.54, 1.807) is 11.2 Å². The fraction of sp³-hybridized carbons (Fsp3) is 0.632. The molecule has 1 atom stereocenters. The van der Waals surface area contributed by atoms with Crippen LogP contribution in [0.1, 0.15) is 47.0 Å². The van der Waals surface area contributed by atoms with Crippen LogP contribution in [-0.2, 0) is 4.79 Å². The summed E-state index contributed by atoms with van der Waals surface area (Å²) >= 11 is 0. The van der Waals surface area contributed by atoms with Gasteiger partial charge in [0.2, 0.25) is 5.91 Å². The van der Waals surface area contributed by atoms with E-state index in [0.29, 0.717) is 19.3 Å². The Morgan fingerprint density at radius 1 is 1.52 bits per heavy atom. The van der Waals surface area contributed by atoms with Crippen molar-refractivity contribution in [3.63, 3.8) is 0 Å². The molecule has 0 radical (unpaired) electrons. The molecule has 0 fully saturated rings. The Labute approximate surface area is 152 Å². The lowest BCUT2D eigenvalue weighted by molar-refractivity contribution is -0.119. The predicted octanol–water partition coefficient (Wildman–Crippen LogP) is 2.79. The molecular weight excluding hydrogens is 314 g/mol. The van der Waals surface area contributed by atoms with E-state index in [0.717, 1.165) is 18.0 Å². The van der Waals surface area contributed by atoms with E-state index < -0.39 is 0 Å². The Balaban J connectivity index is 2.24. The third kappa shape index (κ3) is 8.63. The number of aliphatic imine (C=N–C) groups is 1. The Bertz CT molecular complexity index is 536. The summed E-state index contributed by atoms with van der Waals surface area (Å²) < 4.78 is 0. The molecule has 1 amide bonds. The lowest BCUT2D eigenvalue weighted by Crippen LogP contribution is -2.29. The molecule has 0 bridgehead atoms. The number of nitrogens with one attached hydrogen (secondary N) is 1. The molecule has 0 aromatic carbocycles. The molecule has 1 aliphatic rings. The number of nitrogens with zero attached hydrogens (tertiary/aromatic N) is 4. The summed E-state index contributed by atoms with van der Waals surface area (Å²) in [7, 11) is 2.13. The molecule has 0 saturated carbocycles. The summed E-state index contributed by atoms with van der Waals surface area (Å²) in [4.78, 5) is 18.5. The molecular formula is C19H33N5O. The van der Waals surface area contributed by atoms with Gasteiger partial charge in [0.1, 0.15) is 6.67 Å². The number of unbranched alkanes of at least 4 members (excludes halogenated alkanes) is 1. The van der Waals surface area contributed by atoms with Crippen molar-refractivity contribution >= 4 is 17.8 Å². The zero-order valence-electron chi connectivity index (χ0n) is 16.3. The van der Waals surface area contributed by atoms with Crippen LogP contribution in [0.15, 0.2) is 34.0 Å². The normalized spacial score (nSPS) is 16.5. The molecule has 6 heteroatoms. The molecule has 1 N–H and O–H groups in total. The maximum absolute atomic E-state index is 11.8. The van der Waals surface area contributed by atoms with Crippen molar-refractivity contribution in [2.75, 3.05) is 26.8 Å². The number of hydrogen-bond acceptors (Lipinski definition) is 5. The van der Waals surface area contributed by atoms with Gasteiger partial charge in [-0.25, -0.2) is 5.01 Å². The van der Waals surface area contributed by atoms with Crippen molar-refractivity contribution in [2.45, 2.75) is 53.0 Å². The van der Waals surface area contributed by atoms with Gasteiger partial charge in [0, 0.05) is 30.2 Å². The minimum absolute atomic E-state index is 0.0290. The summed E-state index contributed by atoms with van der Waals surface area (Å²) in [6.07, 6.45) is 10.4. The first kappa shape index (κ1) is 21.1. The van der Waals surface area contributed by atoms with E-state index in [2.05, 4.69) is 47.3 Å². The molecule has 1 aliphatic heterocycles. The first-order valence-electron chi connectivity index (χ1n) is 9.07. The van der Waals surface area contributed by atoms with Crippen LogP contribution in [0.3, 0.4) is 0 Å².